The highest BCUT2D eigenvalue weighted by atomic mass is 16.5. The molecule has 1 unspecified atom stereocenters. The van der Waals surface area contributed by atoms with Gasteiger partial charge in [-0.05, 0) is 19.8 Å². The Kier molecular flexibility index (Phi) is 4.58. The van der Waals surface area contributed by atoms with Crippen LogP contribution in [0.4, 0.5) is 0 Å². The predicted molar refractivity (Wildman–Crippen MR) is 90.7 cm³/mol. The lowest BCUT2D eigenvalue weighted by Crippen LogP contribution is -2.52. The maximum absolute atomic E-state index is 12.6. The average molecular weight is 358 g/mol. The summed E-state index contributed by atoms with van der Waals surface area (Å²) >= 11 is 0. The monoisotopic (exact) mass is 358 g/mol. The molecule has 2 fully saturated rings. The molecule has 2 aliphatic rings. The third-order valence-electron chi connectivity index (χ3n) is 5.18. The van der Waals surface area contributed by atoms with Crippen molar-refractivity contribution in [2.75, 3.05) is 19.7 Å². The maximum atomic E-state index is 12.6. The predicted octanol–water partition coefficient (Wildman–Crippen LogP) is 2.01. The molecule has 26 heavy (non-hydrogen) atoms. The highest BCUT2D eigenvalue weighted by Crippen LogP contribution is 2.36. The van der Waals surface area contributed by atoms with Crippen LogP contribution >= 0.6 is 0 Å². The van der Waals surface area contributed by atoms with Crippen molar-refractivity contribution in [2.24, 2.45) is 0 Å². The first kappa shape index (κ1) is 17.0. The minimum Gasteiger partial charge on any atom is -0.473 e. The SMILES string of the molecule is Cc1ncoc1C(=O)N1CCC2(CC1)CC(Oc1cnccn1)CCO2. The fraction of sp³-hybridized carbons (Fsp3) is 0.556. The van der Waals surface area contributed by atoms with Crippen molar-refractivity contribution in [2.45, 2.75) is 44.3 Å². The van der Waals surface area contributed by atoms with Crippen LogP contribution in [-0.4, -0.2) is 57.2 Å². The van der Waals surface area contributed by atoms with Crippen molar-refractivity contribution >= 4 is 5.91 Å². The van der Waals surface area contributed by atoms with Gasteiger partial charge in [0.2, 0.25) is 11.6 Å². The molecule has 0 N–H and O–H groups in total. The largest absolute Gasteiger partial charge is 0.473 e. The summed E-state index contributed by atoms with van der Waals surface area (Å²) in [7, 11) is 0. The van der Waals surface area contributed by atoms with E-state index < -0.39 is 0 Å². The van der Waals surface area contributed by atoms with Crippen LogP contribution in [0.3, 0.4) is 0 Å². The summed E-state index contributed by atoms with van der Waals surface area (Å²) in [6.07, 6.45) is 9.44. The third-order valence-corrected chi connectivity index (χ3v) is 5.18. The molecule has 4 rings (SSSR count). The summed E-state index contributed by atoms with van der Waals surface area (Å²) in [5.74, 6) is 0.773. The molecule has 138 valence electrons. The number of aromatic nitrogens is 3. The molecule has 1 atom stereocenters. The fourth-order valence-corrected chi connectivity index (χ4v) is 3.72. The first-order valence-electron chi connectivity index (χ1n) is 8.91. The number of amides is 1. The minimum atomic E-state index is -0.238. The van der Waals surface area contributed by atoms with Gasteiger partial charge in [-0.25, -0.2) is 9.97 Å². The number of ether oxygens (including phenoxy) is 2. The standard InChI is InChI=1S/C18H22N4O4/c1-13-16(24-12-21-13)17(23)22-7-3-18(4-8-22)10-14(2-9-25-18)26-15-11-19-5-6-20-15/h5-6,11-12,14H,2-4,7-10H2,1H3. The number of hydrogen-bond acceptors (Lipinski definition) is 7. The average Bonchev–Trinajstić information content (AvgIpc) is 3.09. The smallest absolute Gasteiger partial charge is 0.291 e. The summed E-state index contributed by atoms with van der Waals surface area (Å²) in [6.45, 7) is 3.70. The normalized spacial score (nSPS) is 22.3. The summed E-state index contributed by atoms with van der Waals surface area (Å²) < 4.78 is 17.3. The zero-order valence-electron chi connectivity index (χ0n) is 14.8. The van der Waals surface area contributed by atoms with Crippen LogP contribution < -0.4 is 4.74 Å². The van der Waals surface area contributed by atoms with E-state index in [1.54, 1.807) is 25.5 Å². The van der Waals surface area contributed by atoms with Gasteiger partial charge in [0, 0.05) is 38.3 Å². The Hall–Kier alpha value is -2.48. The van der Waals surface area contributed by atoms with Crippen LogP contribution in [0, 0.1) is 6.92 Å². The molecule has 0 saturated carbocycles. The molecule has 0 aromatic carbocycles. The van der Waals surface area contributed by atoms with Crippen LogP contribution in [0.15, 0.2) is 29.4 Å². The molecule has 1 spiro atoms. The molecule has 2 aliphatic heterocycles. The van der Waals surface area contributed by atoms with Crippen molar-refractivity contribution in [3.05, 3.63) is 36.4 Å². The Balaban J connectivity index is 1.37. The van der Waals surface area contributed by atoms with Crippen LogP contribution in [0.2, 0.25) is 0 Å². The number of aryl methyl sites for hydroxylation is 1. The van der Waals surface area contributed by atoms with E-state index >= 15 is 0 Å². The second-order valence-corrected chi connectivity index (χ2v) is 6.87. The van der Waals surface area contributed by atoms with Crippen molar-refractivity contribution in [1.82, 2.24) is 19.9 Å². The lowest BCUT2D eigenvalue weighted by Gasteiger charge is -2.45. The van der Waals surface area contributed by atoms with E-state index in [1.807, 2.05) is 4.90 Å². The van der Waals surface area contributed by atoms with E-state index in [9.17, 15) is 4.79 Å². The zero-order chi connectivity index (χ0) is 18.0. The number of carbonyl (C=O) groups is 1. The van der Waals surface area contributed by atoms with E-state index in [1.165, 1.54) is 6.39 Å². The molecular weight excluding hydrogens is 336 g/mol. The molecule has 1 amide bonds. The van der Waals surface area contributed by atoms with Gasteiger partial charge in [0.1, 0.15) is 6.10 Å². The number of carbonyl (C=O) groups excluding carboxylic acids is 1. The molecule has 0 aliphatic carbocycles. The first-order chi connectivity index (χ1) is 12.7. The van der Waals surface area contributed by atoms with Crippen LogP contribution in [0.25, 0.3) is 0 Å². The molecule has 2 aromatic heterocycles. The number of hydrogen-bond donors (Lipinski definition) is 0. The van der Waals surface area contributed by atoms with Gasteiger partial charge in [0.15, 0.2) is 6.39 Å². The number of likely N-dealkylation sites (tertiary alicyclic amines) is 1. The second kappa shape index (κ2) is 7.03. The number of nitrogens with zero attached hydrogens (tertiary/aromatic N) is 4. The van der Waals surface area contributed by atoms with E-state index in [4.69, 9.17) is 13.9 Å². The van der Waals surface area contributed by atoms with E-state index in [0.29, 0.717) is 37.0 Å². The van der Waals surface area contributed by atoms with E-state index in [2.05, 4.69) is 15.0 Å². The number of oxazole rings is 1. The Labute approximate surface area is 151 Å². The maximum Gasteiger partial charge on any atom is 0.291 e. The van der Waals surface area contributed by atoms with Crippen LogP contribution in [0.5, 0.6) is 5.88 Å². The van der Waals surface area contributed by atoms with Gasteiger partial charge in [0.05, 0.1) is 24.1 Å². The lowest BCUT2D eigenvalue weighted by molar-refractivity contribution is -0.135. The Morgan fingerprint density at radius 2 is 2.15 bits per heavy atom. The Morgan fingerprint density at radius 1 is 1.31 bits per heavy atom. The molecular formula is C18H22N4O4. The van der Waals surface area contributed by atoms with Crippen LogP contribution in [0.1, 0.15) is 41.9 Å². The highest BCUT2D eigenvalue weighted by molar-refractivity contribution is 5.92. The van der Waals surface area contributed by atoms with Gasteiger partial charge in [-0.3, -0.25) is 9.78 Å². The number of rotatable bonds is 3. The van der Waals surface area contributed by atoms with E-state index in [0.717, 1.165) is 25.7 Å². The molecule has 2 aromatic rings. The van der Waals surface area contributed by atoms with E-state index in [-0.39, 0.29) is 17.6 Å². The highest BCUT2D eigenvalue weighted by Gasteiger charge is 2.42. The molecule has 0 radical (unpaired) electrons. The van der Waals surface area contributed by atoms with Crippen LogP contribution in [-0.2, 0) is 4.74 Å². The van der Waals surface area contributed by atoms with Gasteiger partial charge >= 0.3 is 0 Å². The van der Waals surface area contributed by atoms with Gasteiger partial charge in [-0.2, -0.15) is 0 Å². The Morgan fingerprint density at radius 3 is 2.85 bits per heavy atom. The first-order valence-corrected chi connectivity index (χ1v) is 8.91. The minimum absolute atomic E-state index is 0.0548. The van der Waals surface area contributed by atoms with Crippen molar-refractivity contribution in [3.63, 3.8) is 0 Å². The molecule has 8 heteroatoms. The molecule has 0 bridgehead atoms. The summed E-state index contributed by atoms with van der Waals surface area (Å²) in [6, 6.07) is 0. The molecule has 4 heterocycles. The zero-order valence-corrected chi connectivity index (χ0v) is 14.8. The van der Waals surface area contributed by atoms with Gasteiger partial charge in [-0.1, -0.05) is 0 Å². The van der Waals surface area contributed by atoms with Crippen molar-refractivity contribution < 1.29 is 18.7 Å². The van der Waals surface area contributed by atoms with Gasteiger partial charge in [-0.15, -0.1) is 0 Å². The lowest BCUT2D eigenvalue weighted by atomic mass is 9.83. The van der Waals surface area contributed by atoms with Crippen molar-refractivity contribution in [3.8, 4) is 5.88 Å². The molecule has 2 saturated heterocycles. The molecule has 8 nitrogen and oxygen atoms in total. The van der Waals surface area contributed by atoms with Gasteiger partial charge < -0.3 is 18.8 Å². The van der Waals surface area contributed by atoms with Crippen molar-refractivity contribution in [1.29, 1.82) is 0 Å². The fourth-order valence-electron chi connectivity index (χ4n) is 3.72. The summed E-state index contributed by atoms with van der Waals surface area (Å²) in [5, 5.41) is 0. The topological polar surface area (TPSA) is 90.6 Å². The quantitative estimate of drug-likeness (QED) is 0.829. The summed E-state index contributed by atoms with van der Waals surface area (Å²) in [4.78, 5) is 26.6. The Bertz CT molecular complexity index is 756. The van der Waals surface area contributed by atoms with Gasteiger partial charge in [0.25, 0.3) is 5.91 Å². The summed E-state index contributed by atoms with van der Waals surface area (Å²) in [5.41, 5.74) is 0.389. The second-order valence-electron chi connectivity index (χ2n) is 6.87. The number of piperidine rings is 1. The third kappa shape index (κ3) is 3.41.